The first-order valence-corrected chi connectivity index (χ1v) is 8.40. The van der Waals surface area contributed by atoms with Gasteiger partial charge >= 0.3 is 0 Å². The van der Waals surface area contributed by atoms with Crippen LogP contribution in [0, 0.1) is 11.3 Å². The molecule has 0 aliphatic heterocycles. The fourth-order valence-corrected chi connectivity index (χ4v) is 3.51. The monoisotopic (exact) mass is 331 g/mol. The topological polar surface area (TPSA) is 83.3 Å². The molecule has 0 saturated carbocycles. The van der Waals surface area contributed by atoms with Crippen LogP contribution in [0.5, 0.6) is 0 Å². The number of aromatic nitrogens is 1. The second-order valence-electron chi connectivity index (χ2n) is 4.83. The molecule has 0 saturated heterocycles. The van der Waals surface area contributed by atoms with E-state index in [0.29, 0.717) is 5.56 Å². The molecule has 6 nitrogen and oxygen atoms in total. The van der Waals surface area contributed by atoms with Gasteiger partial charge in [-0.05, 0) is 29.8 Å². The number of nitrogens with zero attached hydrogens (tertiary/aromatic N) is 3. The van der Waals surface area contributed by atoms with Crippen molar-refractivity contribution in [1.82, 2.24) is 9.29 Å². The van der Waals surface area contributed by atoms with Gasteiger partial charge in [-0.1, -0.05) is 12.1 Å². The highest BCUT2D eigenvalue weighted by Gasteiger charge is 2.24. The van der Waals surface area contributed by atoms with E-state index >= 15 is 0 Å². The second-order valence-corrected chi connectivity index (χ2v) is 6.77. The van der Waals surface area contributed by atoms with Gasteiger partial charge in [0, 0.05) is 32.6 Å². The third kappa shape index (κ3) is 4.36. The summed E-state index contributed by atoms with van der Waals surface area (Å²) in [6.45, 7) is 0.679. The molecule has 23 heavy (non-hydrogen) atoms. The Bertz CT molecular complexity index is 786. The maximum absolute atomic E-state index is 12.9. The highest BCUT2D eigenvalue weighted by atomic mass is 32.2. The lowest BCUT2D eigenvalue weighted by Gasteiger charge is -2.22. The molecule has 0 spiro atoms. The summed E-state index contributed by atoms with van der Waals surface area (Å²) in [5.41, 5.74) is 1.09. The lowest BCUT2D eigenvalue weighted by Crippen LogP contribution is -2.33. The zero-order valence-corrected chi connectivity index (χ0v) is 13.5. The van der Waals surface area contributed by atoms with E-state index in [1.807, 2.05) is 12.1 Å². The summed E-state index contributed by atoms with van der Waals surface area (Å²) in [4.78, 5) is 4.10. The third-order valence-electron chi connectivity index (χ3n) is 3.23. The molecule has 0 amide bonds. The van der Waals surface area contributed by atoms with Crippen molar-refractivity contribution in [1.29, 1.82) is 5.26 Å². The van der Waals surface area contributed by atoms with E-state index in [1.54, 1.807) is 30.6 Å². The first-order chi connectivity index (χ1) is 11.1. The molecular formula is C16H17N3O3S. The van der Waals surface area contributed by atoms with Crippen LogP contribution in [0.25, 0.3) is 0 Å². The molecule has 0 bridgehead atoms. The molecule has 0 aliphatic rings. The number of hydrogen-bond acceptors (Lipinski definition) is 5. The first-order valence-electron chi connectivity index (χ1n) is 6.96. The van der Waals surface area contributed by atoms with Gasteiger partial charge < -0.3 is 4.74 Å². The highest BCUT2D eigenvalue weighted by Crippen LogP contribution is 2.19. The molecule has 1 aromatic heterocycles. The van der Waals surface area contributed by atoms with Crippen LogP contribution >= 0.6 is 0 Å². The van der Waals surface area contributed by atoms with Gasteiger partial charge in [0.25, 0.3) is 0 Å². The SMILES string of the molecule is COCCN(Cc1cccnc1)S(=O)(=O)c1cccc(C#N)c1. The van der Waals surface area contributed by atoms with E-state index in [1.165, 1.54) is 23.5 Å². The maximum atomic E-state index is 12.9. The zero-order chi connectivity index (χ0) is 16.7. The average molecular weight is 331 g/mol. The van der Waals surface area contributed by atoms with Crippen molar-refractivity contribution < 1.29 is 13.2 Å². The van der Waals surface area contributed by atoms with E-state index in [-0.39, 0.29) is 24.6 Å². The van der Waals surface area contributed by atoms with Crippen LogP contribution in [0.4, 0.5) is 0 Å². The van der Waals surface area contributed by atoms with E-state index in [0.717, 1.165) is 5.56 Å². The summed E-state index contributed by atoms with van der Waals surface area (Å²) in [5.74, 6) is 0. The lowest BCUT2D eigenvalue weighted by molar-refractivity contribution is 0.177. The van der Waals surface area contributed by atoms with Crippen LogP contribution in [0.2, 0.25) is 0 Å². The number of hydrogen-bond donors (Lipinski definition) is 0. The zero-order valence-electron chi connectivity index (χ0n) is 12.7. The Labute approximate surface area is 136 Å². The normalized spacial score (nSPS) is 11.3. The van der Waals surface area contributed by atoms with Crippen LogP contribution in [-0.2, 0) is 21.3 Å². The third-order valence-corrected chi connectivity index (χ3v) is 5.07. The molecule has 7 heteroatoms. The molecule has 0 fully saturated rings. The predicted molar refractivity (Wildman–Crippen MR) is 84.9 cm³/mol. The number of ether oxygens (including phenoxy) is 1. The van der Waals surface area contributed by atoms with E-state index in [4.69, 9.17) is 10.00 Å². The van der Waals surface area contributed by atoms with Gasteiger partial charge in [0.15, 0.2) is 0 Å². The van der Waals surface area contributed by atoms with Gasteiger partial charge in [-0.2, -0.15) is 9.57 Å². The Hall–Kier alpha value is -2.27. The Morgan fingerprint density at radius 2 is 2.13 bits per heavy atom. The Kier molecular flexibility index (Phi) is 5.82. The molecule has 0 N–H and O–H groups in total. The van der Waals surface area contributed by atoms with Gasteiger partial charge in [0.1, 0.15) is 0 Å². The maximum Gasteiger partial charge on any atom is 0.243 e. The van der Waals surface area contributed by atoms with Crippen molar-refractivity contribution in [2.45, 2.75) is 11.4 Å². The summed E-state index contributed by atoms with van der Waals surface area (Å²) in [6, 6.07) is 11.5. The molecule has 2 rings (SSSR count). The number of sulfonamides is 1. The number of benzene rings is 1. The quantitative estimate of drug-likeness (QED) is 0.772. The van der Waals surface area contributed by atoms with Gasteiger partial charge in [-0.25, -0.2) is 8.42 Å². The van der Waals surface area contributed by atoms with E-state index in [2.05, 4.69) is 4.98 Å². The van der Waals surface area contributed by atoms with Crippen LogP contribution in [0.1, 0.15) is 11.1 Å². The standard InChI is InChI=1S/C16H17N3O3S/c1-22-9-8-19(13-15-5-3-7-18-12-15)23(20,21)16-6-2-4-14(10-16)11-17/h2-7,10,12H,8-9,13H2,1H3. The summed E-state index contributed by atoms with van der Waals surface area (Å²) < 4.78 is 32.0. The van der Waals surface area contributed by atoms with Crippen LogP contribution in [0.15, 0.2) is 53.7 Å². The van der Waals surface area contributed by atoms with E-state index < -0.39 is 10.0 Å². The molecule has 0 radical (unpaired) electrons. The van der Waals surface area contributed by atoms with Crippen LogP contribution in [0.3, 0.4) is 0 Å². The molecule has 2 aromatic rings. The minimum absolute atomic E-state index is 0.0940. The van der Waals surface area contributed by atoms with Gasteiger partial charge in [-0.15, -0.1) is 0 Å². The predicted octanol–water partition coefficient (Wildman–Crippen LogP) is 1.79. The fraction of sp³-hybridized carbons (Fsp3) is 0.250. The number of pyridine rings is 1. The molecule has 120 valence electrons. The van der Waals surface area contributed by atoms with Crippen LogP contribution in [-0.4, -0.2) is 38.0 Å². The van der Waals surface area contributed by atoms with Crippen LogP contribution < -0.4 is 0 Å². The Balaban J connectivity index is 2.34. The fourth-order valence-electron chi connectivity index (χ4n) is 2.05. The average Bonchev–Trinajstić information content (AvgIpc) is 2.59. The summed E-state index contributed by atoms with van der Waals surface area (Å²) in [7, 11) is -2.21. The molecule has 0 atom stereocenters. The van der Waals surface area contributed by atoms with Gasteiger partial charge in [0.05, 0.1) is 23.1 Å². The van der Waals surface area contributed by atoms with Crippen molar-refractivity contribution >= 4 is 10.0 Å². The second kappa shape index (κ2) is 7.83. The van der Waals surface area contributed by atoms with Crippen molar-refractivity contribution in [3.05, 3.63) is 59.9 Å². The van der Waals surface area contributed by atoms with Gasteiger partial charge in [0.2, 0.25) is 10.0 Å². The first kappa shape index (κ1) is 17.1. The Morgan fingerprint density at radius 3 is 2.78 bits per heavy atom. The minimum Gasteiger partial charge on any atom is -0.383 e. The molecule has 1 aromatic carbocycles. The smallest absolute Gasteiger partial charge is 0.243 e. The molecule has 0 aliphatic carbocycles. The van der Waals surface area contributed by atoms with Crippen molar-refractivity contribution in [3.8, 4) is 6.07 Å². The number of methoxy groups -OCH3 is 1. The van der Waals surface area contributed by atoms with Gasteiger partial charge in [-0.3, -0.25) is 4.98 Å². The summed E-state index contributed by atoms with van der Waals surface area (Å²) in [5, 5.41) is 8.96. The molecular weight excluding hydrogens is 314 g/mol. The highest BCUT2D eigenvalue weighted by molar-refractivity contribution is 7.89. The van der Waals surface area contributed by atoms with E-state index in [9.17, 15) is 8.42 Å². The number of nitriles is 1. The Morgan fingerprint density at radius 1 is 1.30 bits per heavy atom. The number of rotatable bonds is 7. The summed E-state index contributed by atoms with van der Waals surface area (Å²) >= 11 is 0. The lowest BCUT2D eigenvalue weighted by atomic mass is 10.2. The van der Waals surface area contributed by atoms with Crippen molar-refractivity contribution in [2.75, 3.05) is 20.3 Å². The molecule has 0 unspecified atom stereocenters. The largest absolute Gasteiger partial charge is 0.383 e. The minimum atomic E-state index is -3.73. The molecule has 1 heterocycles. The summed E-state index contributed by atoms with van der Waals surface area (Å²) in [6.07, 6.45) is 3.26. The van der Waals surface area contributed by atoms with Crippen molar-refractivity contribution in [2.24, 2.45) is 0 Å². The van der Waals surface area contributed by atoms with Crippen molar-refractivity contribution in [3.63, 3.8) is 0 Å².